The largest absolute Gasteiger partial charge is 0.416 e. The van der Waals surface area contributed by atoms with Gasteiger partial charge in [0.05, 0.1) is 17.8 Å². The molecule has 0 saturated carbocycles. The summed E-state index contributed by atoms with van der Waals surface area (Å²) in [5.41, 5.74) is 1.09. The van der Waals surface area contributed by atoms with E-state index in [9.17, 15) is 18.0 Å². The molecule has 2 aromatic carbocycles. The topological polar surface area (TPSA) is 77.1 Å². The van der Waals surface area contributed by atoms with Crippen molar-refractivity contribution in [2.45, 2.75) is 18.6 Å². The third-order valence-corrected chi connectivity index (χ3v) is 5.53. The fourth-order valence-electron chi connectivity index (χ4n) is 3.68. The Balaban J connectivity index is 1.20. The van der Waals surface area contributed by atoms with Gasteiger partial charge in [-0.1, -0.05) is 29.4 Å². The lowest BCUT2D eigenvalue weighted by atomic mass is 9.98. The van der Waals surface area contributed by atoms with Crippen LogP contribution >= 0.6 is 0 Å². The minimum absolute atomic E-state index is 0.0920. The number of rotatable bonds is 5. The van der Waals surface area contributed by atoms with Gasteiger partial charge in [-0.25, -0.2) is 4.98 Å². The summed E-state index contributed by atoms with van der Waals surface area (Å²) in [5.74, 6) is 0.149. The maximum absolute atomic E-state index is 12.9. The van der Waals surface area contributed by atoms with E-state index >= 15 is 0 Å². The molecule has 4 aromatic rings. The fourth-order valence-corrected chi connectivity index (χ4v) is 3.68. The second kappa shape index (κ2) is 8.19. The number of benzene rings is 2. The summed E-state index contributed by atoms with van der Waals surface area (Å²) in [6, 6.07) is 12.2. The van der Waals surface area contributed by atoms with E-state index in [1.165, 1.54) is 12.1 Å². The molecule has 1 aliphatic rings. The van der Waals surface area contributed by atoms with Crippen LogP contribution in [0.2, 0.25) is 0 Å². The van der Waals surface area contributed by atoms with E-state index in [0.29, 0.717) is 31.1 Å². The monoisotopic (exact) mass is 453 g/mol. The highest BCUT2D eigenvalue weighted by molar-refractivity contribution is 5.94. The summed E-state index contributed by atoms with van der Waals surface area (Å²) in [4.78, 5) is 22.7. The highest BCUT2D eigenvalue weighted by Crippen LogP contribution is 2.33. The number of alkyl halides is 3. The van der Waals surface area contributed by atoms with Crippen LogP contribution in [-0.4, -0.2) is 43.6 Å². The van der Waals surface area contributed by atoms with E-state index in [4.69, 9.17) is 4.52 Å². The summed E-state index contributed by atoms with van der Waals surface area (Å²) < 4.78 is 46.0. The molecule has 2 aromatic heterocycles. The highest BCUT2D eigenvalue weighted by Gasteiger charge is 2.36. The summed E-state index contributed by atoms with van der Waals surface area (Å²) >= 11 is 0. The number of hydrogen-bond acceptors (Lipinski definition) is 5. The molecule has 7 nitrogen and oxygen atoms in total. The first-order valence-electron chi connectivity index (χ1n) is 10.2. The molecule has 0 spiro atoms. The molecule has 0 atom stereocenters. The van der Waals surface area contributed by atoms with Crippen molar-refractivity contribution in [1.29, 1.82) is 0 Å². The average Bonchev–Trinajstić information content (AvgIpc) is 3.45. The van der Waals surface area contributed by atoms with Crippen LogP contribution in [0.25, 0.3) is 11.4 Å². The number of hydrogen-bond donors (Lipinski definition) is 0. The standard InChI is InChI=1S/C23H18F3N5O2/c24-23(25,26)19-3-1-2-17(10-19)20-28-21(33-29-20)18-12-31(13-18)22(32)16-6-4-15(5-7-16)11-30-9-8-27-14-30/h1-10,14,18H,11-13H2. The van der Waals surface area contributed by atoms with Gasteiger partial charge in [-0.3, -0.25) is 4.79 Å². The molecule has 0 bridgehead atoms. The molecule has 5 rings (SSSR count). The van der Waals surface area contributed by atoms with Gasteiger partial charge in [0.25, 0.3) is 5.91 Å². The third kappa shape index (κ3) is 4.36. The van der Waals surface area contributed by atoms with Gasteiger partial charge in [-0.15, -0.1) is 0 Å². The fraction of sp³-hybridized carbons (Fsp3) is 0.217. The van der Waals surface area contributed by atoms with Gasteiger partial charge in [0.15, 0.2) is 0 Å². The van der Waals surface area contributed by atoms with Crippen molar-refractivity contribution in [3.8, 4) is 11.4 Å². The van der Waals surface area contributed by atoms with Crippen molar-refractivity contribution >= 4 is 5.91 Å². The minimum Gasteiger partial charge on any atom is -0.339 e. The van der Waals surface area contributed by atoms with Crippen molar-refractivity contribution in [1.82, 2.24) is 24.6 Å². The summed E-state index contributed by atoms with van der Waals surface area (Å²) in [7, 11) is 0. The number of halogens is 3. The van der Waals surface area contributed by atoms with E-state index in [-0.39, 0.29) is 23.2 Å². The van der Waals surface area contributed by atoms with Crippen molar-refractivity contribution in [2.75, 3.05) is 13.1 Å². The van der Waals surface area contributed by atoms with Gasteiger partial charge in [-0.05, 0) is 29.8 Å². The van der Waals surface area contributed by atoms with Gasteiger partial charge in [0.2, 0.25) is 11.7 Å². The number of carbonyl (C=O) groups is 1. The Bertz CT molecular complexity index is 1260. The van der Waals surface area contributed by atoms with Gasteiger partial charge < -0.3 is 14.0 Å². The van der Waals surface area contributed by atoms with Crippen LogP contribution in [-0.2, 0) is 12.7 Å². The molecule has 3 heterocycles. The number of nitrogens with zero attached hydrogens (tertiary/aromatic N) is 5. The van der Waals surface area contributed by atoms with Crippen LogP contribution in [0.4, 0.5) is 13.2 Å². The molecule has 0 N–H and O–H groups in total. The molecular weight excluding hydrogens is 435 g/mol. The molecule has 10 heteroatoms. The van der Waals surface area contributed by atoms with Gasteiger partial charge >= 0.3 is 6.18 Å². The third-order valence-electron chi connectivity index (χ3n) is 5.53. The highest BCUT2D eigenvalue weighted by atomic mass is 19.4. The van der Waals surface area contributed by atoms with Crippen LogP contribution in [0.1, 0.15) is 33.3 Å². The summed E-state index contributed by atoms with van der Waals surface area (Å²) in [6.07, 6.45) is 0.865. The number of imidazole rings is 1. The van der Waals surface area contributed by atoms with E-state index in [0.717, 1.165) is 17.7 Å². The van der Waals surface area contributed by atoms with Crippen LogP contribution in [0.15, 0.2) is 71.8 Å². The summed E-state index contributed by atoms with van der Waals surface area (Å²) in [5, 5.41) is 3.82. The van der Waals surface area contributed by atoms with Crippen molar-refractivity contribution < 1.29 is 22.5 Å². The Morgan fingerprint density at radius 2 is 1.91 bits per heavy atom. The lowest BCUT2D eigenvalue weighted by molar-refractivity contribution is -0.137. The predicted octanol–water partition coefficient (Wildman–Crippen LogP) is 4.24. The van der Waals surface area contributed by atoms with Crippen LogP contribution in [0, 0.1) is 0 Å². The Morgan fingerprint density at radius 3 is 2.61 bits per heavy atom. The first kappa shape index (κ1) is 20.9. The molecular formula is C23H18F3N5O2. The normalized spacial score (nSPS) is 14.3. The minimum atomic E-state index is -4.45. The molecule has 168 valence electrons. The zero-order chi connectivity index (χ0) is 23.0. The second-order valence-electron chi connectivity index (χ2n) is 7.87. The van der Waals surface area contributed by atoms with Crippen LogP contribution in [0.5, 0.6) is 0 Å². The summed E-state index contributed by atoms with van der Waals surface area (Å²) in [6.45, 7) is 1.48. The number of likely N-dealkylation sites (tertiary alicyclic amines) is 1. The molecule has 1 aliphatic heterocycles. The maximum Gasteiger partial charge on any atom is 0.416 e. The van der Waals surface area contributed by atoms with Crippen LogP contribution in [0.3, 0.4) is 0 Å². The molecule has 33 heavy (non-hydrogen) atoms. The lowest BCUT2D eigenvalue weighted by Crippen LogP contribution is -2.48. The number of carbonyl (C=O) groups excluding carboxylic acids is 1. The Kier molecular flexibility index (Phi) is 5.20. The first-order valence-corrected chi connectivity index (χ1v) is 10.2. The van der Waals surface area contributed by atoms with Gasteiger partial charge in [0, 0.05) is 43.2 Å². The van der Waals surface area contributed by atoms with Gasteiger partial charge in [-0.2, -0.15) is 18.2 Å². The SMILES string of the molecule is O=C(c1ccc(Cn2ccnc2)cc1)N1CC(c2nc(-c3cccc(C(F)(F)F)c3)no2)C1. The van der Waals surface area contributed by atoms with Crippen molar-refractivity contribution in [2.24, 2.45) is 0 Å². The Labute approximate surface area is 186 Å². The van der Waals surface area contributed by atoms with E-state index in [1.807, 2.05) is 22.9 Å². The number of aromatic nitrogens is 4. The predicted molar refractivity (Wildman–Crippen MR) is 111 cm³/mol. The molecule has 0 unspecified atom stereocenters. The Morgan fingerprint density at radius 1 is 1.12 bits per heavy atom. The Hall–Kier alpha value is -3.95. The lowest BCUT2D eigenvalue weighted by Gasteiger charge is -2.37. The number of amides is 1. The maximum atomic E-state index is 12.9. The average molecular weight is 453 g/mol. The van der Waals surface area contributed by atoms with Crippen molar-refractivity contribution in [3.05, 3.63) is 89.8 Å². The van der Waals surface area contributed by atoms with E-state index in [2.05, 4.69) is 15.1 Å². The quantitative estimate of drug-likeness (QED) is 0.452. The van der Waals surface area contributed by atoms with Crippen LogP contribution < -0.4 is 0 Å². The van der Waals surface area contributed by atoms with E-state index < -0.39 is 11.7 Å². The first-order chi connectivity index (χ1) is 15.9. The van der Waals surface area contributed by atoms with Gasteiger partial charge in [0.1, 0.15) is 0 Å². The second-order valence-corrected chi connectivity index (χ2v) is 7.87. The molecule has 1 fully saturated rings. The zero-order valence-corrected chi connectivity index (χ0v) is 17.2. The van der Waals surface area contributed by atoms with Crippen molar-refractivity contribution in [3.63, 3.8) is 0 Å². The molecule has 1 saturated heterocycles. The van der Waals surface area contributed by atoms with E-state index in [1.54, 1.807) is 29.6 Å². The molecule has 0 aliphatic carbocycles. The molecule has 1 amide bonds. The molecule has 0 radical (unpaired) electrons. The smallest absolute Gasteiger partial charge is 0.339 e. The zero-order valence-electron chi connectivity index (χ0n) is 17.2.